The molecule has 1 fully saturated rings. The Hall–Kier alpha value is -4.01. The van der Waals surface area contributed by atoms with Gasteiger partial charge in [0.25, 0.3) is 5.91 Å². The summed E-state index contributed by atoms with van der Waals surface area (Å²) in [5.41, 5.74) is 3.66. The summed E-state index contributed by atoms with van der Waals surface area (Å²) in [7, 11) is 1.29. The minimum atomic E-state index is -0.986. The standard InChI is InChI=1S/C24H26N4O5/c1-33-24(32)17-13-11-16(12-14-17)15-25-28-23(31)22(30)27-20-10-6-5-9-19(20)21(29)26-18-7-3-2-4-8-18/h5-6,9-15,18H,2-4,7-8H2,1H3,(H,26,29)(H,27,30)(H,28,31)/b25-15-. The van der Waals surface area contributed by atoms with Crippen LogP contribution in [-0.4, -0.2) is 43.1 Å². The molecule has 0 aliphatic heterocycles. The number of carbonyl (C=O) groups excluding carboxylic acids is 4. The van der Waals surface area contributed by atoms with E-state index in [0.29, 0.717) is 16.7 Å². The number of ether oxygens (including phenoxy) is 1. The van der Waals surface area contributed by atoms with Gasteiger partial charge in [-0.25, -0.2) is 10.2 Å². The number of benzene rings is 2. The molecule has 9 nitrogen and oxygen atoms in total. The molecule has 1 aliphatic rings. The maximum absolute atomic E-state index is 12.7. The van der Waals surface area contributed by atoms with E-state index in [9.17, 15) is 19.2 Å². The number of nitrogens with zero attached hydrogens (tertiary/aromatic N) is 1. The SMILES string of the molecule is COC(=O)c1ccc(/C=N\NC(=O)C(=O)Nc2ccccc2C(=O)NC2CCCCC2)cc1. The molecule has 9 heteroatoms. The second-order valence-electron chi connectivity index (χ2n) is 7.62. The monoisotopic (exact) mass is 450 g/mol. The molecule has 0 spiro atoms. The topological polar surface area (TPSA) is 126 Å². The summed E-state index contributed by atoms with van der Waals surface area (Å²) in [6.07, 6.45) is 6.55. The number of para-hydroxylation sites is 1. The van der Waals surface area contributed by atoms with Crippen molar-refractivity contribution in [3.8, 4) is 0 Å². The second-order valence-corrected chi connectivity index (χ2v) is 7.62. The van der Waals surface area contributed by atoms with Crippen LogP contribution in [0.1, 0.15) is 58.4 Å². The third-order valence-corrected chi connectivity index (χ3v) is 5.28. The quantitative estimate of drug-likeness (QED) is 0.270. The van der Waals surface area contributed by atoms with E-state index < -0.39 is 17.8 Å². The highest BCUT2D eigenvalue weighted by atomic mass is 16.5. The molecule has 0 saturated heterocycles. The van der Waals surface area contributed by atoms with Crippen molar-refractivity contribution >= 4 is 35.6 Å². The molecule has 2 aromatic rings. The number of esters is 1. The van der Waals surface area contributed by atoms with Crippen LogP contribution >= 0.6 is 0 Å². The molecular formula is C24H26N4O5. The maximum Gasteiger partial charge on any atom is 0.337 e. The van der Waals surface area contributed by atoms with Gasteiger partial charge < -0.3 is 15.4 Å². The first-order valence-electron chi connectivity index (χ1n) is 10.7. The van der Waals surface area contributed by atoms with Crippen LogP contribution in [0.5, 0.6) is 0 Å². The van der Waals surface area contributed by atoms with Crippen molar-refractivity contribution in [2.75, 3.05) is 12.4 Å². The normalized spacial score (nSPS) is 13.8. The Balaban J connectivity index is 1.56. The molecule has 3 N–H and O–H groups in total. The van der Waals surface area contributed by atoms with Crippen molar-refractivity contribution in [2.24, 2.45) is 5.10 Å². The molecule has 172 valence electrons. The highest BCUT2D eigenvalue weighted by Gasteiger charge is 2.20. The van der Waals surface area contributed by atoms with E-state index >= 15 is 0 Å². The van der Waals surface area contributed by atoms with Crippen molar-refractivity contribution in [2.45, 2.75) is 38.1 Å². The van der Waals surface area contributed by atoms with Gasteiger partial charge in [-0.05, 0) is 42.7 Å². The molecule has 0 heterocycles. The summed E-state index contributed by atoms with van der Waals surface area (Å²) in [6, 6.07) is 13.0. The number of hydrogen-bond acceptors (Lipinski definition) is 6. The Morgan fingerprint density at radius 3 is 2.33 bits per heavy atom. The Kier molecular flexibility index (Phi) is 8.29. The summed E-state index contributed by atoms with van der Waals surface area (Å²) in [6.45, 7) is 0. The number of anilines is 1. The van der Waals surface area contributed by atoms with Gasteiger partial charge in [0.2, 0.25) is 0 Å². The van der Waals surface area contributed by atoms with Crippen LogP contribution in [0.3, 0.4) is 0 Å². The molecule has 0 bridgehead atoms. The van der Waals surface area contributed by atoms with Crippen molar-refractivity contribution in [1.82, 2.24) is 10.7 Å². The number of amides is 3. The molecule has 3 rings (SSSR count). The van der Waals surface area contributed by atoms with E-state index in [4.69, 9.17) is 0 Å². The lowest BCUT2D eigenvalue weighted by Gasteiger charge is -2.23. The van der Waals surface area contributed by atoms with Crippen molar-refractivity contribution in [3.05, 3.63) is 65.2 Å². The van der Waals surface area contributed by atoms with Crippen LogP contribution in [0.25, 0.3) is 0 Å². The summed E-state index contributed by atoms with van der Waals surface area (Å²) in [5, 5.41) is 9.22. The average Bonchev–Trinajstić information content (AvgIpc) is 2.84. The van der Waals surface area contributed by atoms with Crippen LogP contribution in [0, 0.1) is 0 Å². The summed E-state index contributed by atoms with van der Waals surface area (Å²) in [5.74, 6) is -2.69. The number of carbonyl (C=O) groups is 4. The van der Waals surface area contributed by atoms with E-state index in [-0.39, 0.29) is 17.6 Å². The zero-order chi connectivity index (χ0) is 23.6. The van der Waals surface area contributed by atoms with E-state index in [1.807, 2.05) is 0 Å². The first-order chi connectivity index (χ1) is 16.0. The third-order valence-electron chi connectivity index (χ3n) is 5.28. The molecule has 0 radical (unpaired) electrons. The predicted octanol–water partition coefficient (Wildman–Crippen LogP) is 2.62. The average molecular weight is 450 g/mol. The van der Waals surface area contributed by atoms with Gasteiger partial charge in [-0.1, -0.05) is 43.5 Å². The van der Waals surface area contributed by atoms with Crippen LogP contribution in [0.15, 0.2) is 53.6 Å². The molecule has 1 aliphatic carbocycles. The molecule has 0 atom stereocenters. The second kappa shape index (κ2) is 11.6. The fourth-order valence-corrected chi connectivity index (χ4v) is 3.52. The molecule has 2 aromatic carbocycles. The Morgan fingerprint density at radius 2 is 1.64 bits per heavy atom. The Morgan fingerprint density at radius 1 is 0.939 bits per heavy atom. The third kappa shape index (κ3) is 6.73. The van der Waals surface area contributed by atoms with Crippen molar-refractivity contribution in [3.63, 3.8) is 0 Å². The molecule has 33 heavy (non-hydrogen) atoms. The molecule has 1 saturated carbocycles. The maximum atomic E-state index is 12.7. The van der Waals surface area contributed by atoms with Gasteiger partial charge >= 0.3 is 17.8 Å². The van der Waals surface area contributed by atoms with Gasteiger partial charge in [-0.2, -0.15) is 5.10 Å². The number of hydrazone groups is 1. The fraction of sp³-hybridized carbons (Fsp3) is 0.292. The van der Waals surface area contributed by atoms with E-state index in [1.54, 1.807) is 48.5 Å². The smallest absolute Gasteiger partial charge is 0.337 e. The lowest BCUT2D eigenvalue weighted by Crippen LogP contribution is -2.37. The summed E-state index contributed by atoms with van der Waals surface area (Å²) in [4.78, 5) is 48.5. The number of methoxy groups -OCH3 is 1. The Labute approximate surface area is 191 Å². The first kappa shape index (κ1) is 23.6. The zero-order valence-corrected chi connectivity index (χ0v) is 18.3. The molecule has 0 unspecified atom stereocenters. The van der Waals surface area contributed by atoms with Gasteiger partial charge in [-0.3, -0.25) is 14.4 Å². The zero-order valence-electron chi connectivity index (χ0n) is 18.3. The van der Waals surface area contributed by atoms with Crippen LogP contribution in [-0.2, 0) is 14.3 Å². The Bertz CT molecular complexity index is 1040. The minimum Gasteiger partial charge on any atom is -0.465 e. The molecule has 3 amide bonds. The van der Waals surface area contributed by atoms with E-state index in [1.165, 1.54) is 19.7 Å². The lowest BCUT2D eigenvalue weighted by molar-refractivity contribution is -0.136. The van der Waals surface area contributed by atoms with Gasteiger partial charge in [0.1, 0.15) is 0 Å². The summed E-state index contributed by atoms with van der Waals surface area (Å²) < 4.78 is 4.63. The van der Waals surface area contributed by atoms with Crippen molar-refractivity contribution < 1.29 is 23.9 Å². The lowest BCUT2D eigenvalue weighted by atomic mass is 9.95. The minimum absolute atomic E-state index is 0.120. The summed E-state index contributed by atoms with van der Waals surface area (Å²) >= 11 is 0. The van der Waals surface area contributed by atoms with Gasteiger partial charge in [-0.15, -0.1) is 0 Å². The first-order valence-corrected chi connectivity index (χ1v) is 10.7. The molecular weight excluding hydrogens is 424 g/mol. The van der Waals surface area contributed by atoms with E-state index in [0.717, 1.165) is 25.7 Å². The van der Waals surface area contributed by atoms with Crippen LogP contribution in [0.2, 0.25) is 0 Å². The number of nitrogens with one attached hydrogen (secondary N) is 3. The highest BCUT2D eigenvalue weighted by molar-refractivity contribution is 6.40. The highest BCUT2D eigenvalue weighted by Crippen LogP contribution is 2.20. The van der Waals surface area contributed by atoms with Crippen LogP contribution < -0.4 is 16.1 Å². The van der Waals surface area contributed by atoms with Gasteiger partial charge in [0, 0.05) is 6.04 Å². The van der Waals surface area contributed by atoms with Crippen molar-refractivity contribution in [1.29, 1.82) is 0 Å². The number of hydrogen-bond donors (Lipinski definition) is 3. The van der Waals surface area contributed by atoms with Gasteiger partial charge in [0.05, 0.1) is 30.1 Å². The largest absolute Gasteiger partial charge is 0.465 e. The fourth-order valence-electron chi connectivity index (χ4n) is 3.52. The molecule has 0 aromatic heterocycles. The predicted molar refractivity (Wildman–Crippen MR) is 123 cm³/mol. The number of rotatable bonds is 6. The van der Waals surface area contributed by atoms with Gasteiger partial charge in [0.15, 0.2) is 0 Å². The van der Waals surface area contributed by atoms with E-state index in [2.05, 4.69) is 25.9 Å². The van der Waals surface area contributed by atoms with Crippen LogP contribution in [0.4, 0.5) is 5.69 Å².